The minimum Gasteiger partial charge on any atom is -0.305 e. The van der Waals surface area contributed by atoms with Crippen LogP contribution in [0, 0.1) is 0 Å². The van der Waals surface area contributed by atoms with Crippen LogP contribution in [-0.2, 0) is 6.54 Å². The fraction of sp³-hybridized carbons (Fsp3) is 0.429. The summed E-state index contributed by atoms with van der Waals surface area (Å²) in [6.07, 6.45) is 0. The van der Waals surface area contributed by atoms with Gasteiger partial charge in [0.25, 0.3) is 0 Å². The number of halogens is 1. The first-order valence-corrected chi connectivity index (χ1v) is 4.79. The van der Waals surface area contributed by atoms with E-state index < -0.39 is 0 Å². The molecule has 0 aliphatic heterocycles. The SMILES string of the molecule is CN(C)Cc1cscc1Br. The number of thiophene rings is 1. The molecule has 0 aromatic carbocycles. The highest BCUT2D eigenvalue weighted by atomic mass is 79.9. The monoisotopic (exact) mass is 219 g/mol. The van der Waals surface area contributed by atoms with E-state index in [9.17, 15) is 0 Å². The molecule has 1 aromatic rings. The number of rotatable bonds is 2. The van der Waals surface area contributed by atoms with Gasteiger partial charge in [-0.05, 0) is 41.0 Å². The van der Waals surface area contributed by atoms with Gasteiger partial charge < -0.3 is 4.90 Å². The second-order valence-electron chi connectivity index (χ2n) is 2.48. The van der Waals surface area contributed by atoms with Crippen LogP contribution < -0.4 is 0 Å². The highest BCUT2D eigenvalue weighted by Crippen LogP contribution is 2.21. The van der Waals surface area contributed by atoms with Crippen LogP contribution in [-0.4, -0.2) is 19.0 Å². The number of hydrogen-bond acceptors (Lipinski definition) is 2. The lowest BCUT2D eigenvalue weighted by atomic mass is 10.3. The van der Waals surface area contributed by atoms with Gasteiger partial charge in [-0.3, -0.25) is 0 Å². The lowest BCUT2D eigenvalue weighted by Gasteiger charge is -2.07. The third-order valence-electron chi connectivity index (χ3n) is 1.18. The van der Waals surface area contributed by atoms with Crippen molar-refractivity contribution in [1.29, 1.82) is 0 Å². The molecule has 0 unspecified atom stereocenters. The standard InChI is InChI=1S/C7H10BrNS/c1-9(2)3-6-4-10-5-7(6)8/h4-5H,3H2,1-2H3. The van der Waals surface area contributed by atoms with Gasteiger partial charge in [0.05, 0.1) is 0 Å². The average molecular weight is 220 g/mol. The molecule has 1 nitrogen and oxygen atoms in total. The largest absolute Gasteiger partial charge is 0.305 e. The molecular formula is C7H10BrNS. The first kappa shape index (κ1) is 8.24. The van der Waals surface area contributed by atoms with E-state index in [0.29, 0.717) is 0 Å². The molecule has 0 saturated carbocycles. The quantitative estimate of drug-likeness (QED) is 0.740. The molecular weight excluding hydrogens is 210 g/mol. The Balaban J connectivity index is 2.65. The molecule has 1 rings (SSSR count). The molecule has 0 N–H and O–H groups in total. The van der Waals surface area contributed by atoms with Crippen LogP contribution >= 0.6 is 27.3 Å². The third-order valence-corrected chi connectivity index (χ3v) is 3.01. The molecule has 0 spiro atoms. The van der Waals surface area contributed by atoms with Gasteiger partial charge in [0.2, 0.25) is 0 Å². The zero-order valence-corrected chi connectivity index (χ0v) is 8.50. The average Bonchev–Trinajstić information content (AvgIpc) is 2.15. The van der Waals surface area contributed by atoms with Crippen LogP contribution in [0.15, 0.2) is 15.2 Å². The van der Waals surface area contributed by atoms with Gasteiger partial charge in [0, 0.05) is 16.4 Å². The predicted octanol–water partition coefficient (Wildman–Crippen LogP) is 2.57. The molecule has 0 radical (unpaired) electrons. The Morgan fingerprint density at radius 1 is 1.50 bits per heavy atom. The summed E-state index contributed by atoms with van der Waals surface area (Å²) in [7, 11) is 4.15. The van der Waals surface area contributed by atoms with Crippen molar-refractivity contribution < 1.29 is 0 Å². The minimum absolute atomic E-state index is 1.02. The Kier molecular flexibility index (Phi) is 2.89. The Morgan fingerprint density at radius 2 is 2.20 bits per heavy atom. The molecule has 0 aliphatic carbocycles. The topological polar surface area (TPSA) is 3.24 Å². The maximum atomic E-state index is 3.48. The first-order chi connectivity index (χ1) is 4.70. The van der Waals surface area contributed by atoms with Gasteiger partial charge in [-0.2, -0.15) is 11.3 Å². The maximum Gasteiger partial charge on any atom is 0.0327 e. The van der Waals surface area contributed by atoms with E-state index in [1.165, 1.54) is 10.0 Å². The smallest absolute Gasteiger partial charge is 0.0327 e. The summed E-state index contributed by atoms with van der Waals surface area (Å²) in [5.74, 6) is 0. The van der Waals surface area contributed by atoms with Crippen LogP contribution in [0.1, 0.15) is 5.56 Å². The third kappa shape index (κ3) is 2.08. The molecule has 0 amide bonds. The maximum absolute atomic E-state index is 3.48. The summed E-state index contributed by atoms with van der Waals surface area (Å²) >= 11 is 5.21. The second-order valence-corrected chi connectivity index (χ2v) is 4.08. The number of nitrogens with zero attached hydrogens (tertiary/aromatic N) is 1. The van der Waals surface area contributed by atoms with Gasteiger partial charge in [-0.15, -0.1) is 0 Å². The minimum atomic E-state index is 1.02. The molecule has 1 aromatic heterocycles. The molecule has 0 saturated heterocycles. The van der Waals surface area contributed by atoms with Crippen molar-refractivity contribution in [1.82, 2.24) is 4.90 Å². The van der Waals surface area contributed by atoms with E-state index in [1.807, 2.05) is 0 Å². The summed E-state index contributed by atoms with van der Waals surface area (Å²) in [6, 6.07) is 0. The molecule has 0 fully saturated rings. The Labute approximate surface area is 73.8 Å². The fourth-order valence-corrected chi connectivity index (χ4v) is 2.18. The Bertz CT molecular complexity index is 207. The van der Waals surface area contributed by atoms with Gasteiger partial charge in [0.15, 0.2) is 0 Å². The van der Waals surface area contributed by atoms with E-state index in [2.05, 4.69) is 45.7 Å². The van der Waals surface area contributed by atoms with Crippen molar-refractivity contribution >= 4 is 27.3 Å². The highest BCUT2D eigenvalue weighted by molar-refractivity contribution is 9.10. The van der Waals surface area contributed by atoms with Gasteiger partial charge in [-0.1, -0.05) is 0 Å². The Hall–Kier alpha value is 0.140. The van der Waals surface area contributed by atoms with Crippen molar-refractivity contribution in [2.45, 2.75) is 6.54 Å². The molecule has 0 atom stereocenters. The van der Waals surface area contributed by atoms with Crippen LogP contribution in [0.4, 0.5) is 0 Å². The Morgan fingerprint density at radius 3 is 2.60 bits per heavy atom. The molecule has 3 heteroatoms. The van der Waals surface area contributed by atoms with Crippen molar-refractivity contribution in [2.24, 2.45) is 0 Å². The van der Waals surface area contributed by atoms with Crippen LogP contribution in [0.5, 0.6) is 0 Å². The first-order valence-electron chi connectivity index (χ1n) is 3.05. The van der Waals surface area contributed by atoms with Crippen molar-refractivity contribution in [3.05, 3.63) is 20.8 Å². The number of hydrogen-bond donors (Lipinski definition) is 0. The molecule has 1 heterocycles. The van der Waals surface area contributed by atoms with Gasteiger partial charge in [0.1, 0.15) is 0 Å². The lowest BCUT2D eigenvalue weighted by Crippen LogP contribution is -2.09. The summed E-state index contributed by atoms with van der Waals surface area (Å²) in [4.78, 5) is 2.16. The zero-order valence-electron chi connectivity index (χ0n) is 6.10. The van der Waals surface area contributed by atoms with Crippen LogP contribution in [0.25, 0.3) is 0 Å². The molecule has 10 heavy (non-hydrogen) atoms. The fourth-order valence-electron chi connectivity index (χ4n) is 0.761. The van der Waals surface area contributed by atoms with Crippen LogP contribution in [0.3, 0.4) is 0 Å². The summed E-state index contributed by atoms with van der Waals surface area (Å²) < 4.78 is 1.23. The van der Waals surface area contributed by atoms with E-state index in [-0.39, 0.29) is 0 Å². The van der Waals surface area contributed by atoms with Gasteiger partial charge >= 0.3 is 0 Å². The summed E-state index contributed by atoms with van der Waals surface area (Å²) in [5, 5.41) is 4.28. The lowest BCUT2D eigenvalue weighted by molar-refractivity contribution is 0.402. The van der Waals surface area contributed by atoms with E-state index in [4.69, 9.17) is 0 Å². The van der Waals surface area contributed by atoms with Crippen molar-refractivity contribution in [3.63, 3.8) is 0 Å². The summed E-state index contributed by atoms with van der Waals surface area (Å²) in [6.45, 7) is 1.02. The van der Waals surface area contributed by atoms with Gasteiger partial charge in [-0.25, -0.2) is 0 Å². The normalized spacial score (nSPS) is 10.8. The summed E-state index contributed by atoms with van der Waals surface area (Å²) in [5.41, 5.74) is 1.37. The van der Waals surface area contributed by atoms with E-state index >= 15 is 0 Å². The zero-order chi connectivity index (χ0) is 7.56. The predicted molar refractivity (Wildman–Crippen MR) is 49.4 cm³/mol. The van der Waals surface area contributed by atoms with Crippen molar-refractivity contribution in [2.75, 3.05) is 14.1 Å². The second kappa shape index (κ2) is 3.51. The molecule has 0 aliphatic rings. The molecule has 0 bridgehead atoms. The van der Waals surface area contributed by atoms with E-state index in [1.54, 1.807) is 11.3 Å². The van der Waals surface area contributed by atoms with Crippen molar-refractivity contribution in [3.8, 4) is 0 Å². The molecule has 56 valence electrons. The highest BCUT2D eigenvalue weighted by Gasteiger charge is 2.00. The van der Waals surface area contributed by atoms with Crippen LogP contribution in [0.2, 0.25) is 0 Å². The van der Waals surface area contributed by atoms with E-state index in [0.717, 1.165) is 6.54 Å².